The number of aryl methyl sites for hydroxylation is 1. The van der Waals surface area contributed by atoms with Crippen LogP contribution in [0.3, 0.4) is 0 Å². The maximum Gasteiger partial charge on any atom is 0.283 e. The molecule has 11 heteroatoms. The zero-order valence-electron chi connectivity index (χ0n) is 15.5. The molecule has 0 fully saturated rings. The number of benzene rings is 1. The molecule has 154 valence electrons. The number of fused-ring (bicyclic) bond motifs is 1. The van der Waals surface area contributed by atoms with Gasteiger partial charge in [-0.1, -0.05) is 41.4 Å². The molecule has 30 heavy (non-hydrogen) atoms. The minimum absolute atomic E-state index is 0.00991. The molecule has 1 N–H and O–H groups in total. The van der Waals surface area contributed by atoms with Gasteiger partial charge in [-0.25, -0.2) is 23.1 Å². The Kier molecular flexibility index (Phi) is 5.54. The van der Waals surface area contributed by atoms with E-state index >= 15 is 0 Å². The van der Waals surface area contributed by atoms with Crippen LogP contribution >= 0.6 is 34.5 Å². The fraction of sp³-hybridized carbons (Fsp3) is 0.105. The first-order chi connectivity index (χ1) is 14.2. The number of hydrogen-bond acceptors (Lipinski definition) is 6. The molecule has 4 rings (SSSR count). The minimum atomic E-state index is -4.01. The minimum Gasteiger partial charge on any atom is -0.308 e. The highest BCUT2D eigenvalue weighted by atomic mass is 35.5. The summed E-state index contributed by atoms with van der Waals surface area (Å²) in [6.45, 7) is 2.17. The highest BCUT2D eigenvalue weighted by Crippen LogP contribution is 2.32. The molecule has 4 aromatic rings. The van der Waals surface area contributed by atoms with E-state index in [1.54, 1.807) is 34.9 Å². The Balaban J connectivity index is 1.67. The van der Waals surface area contributed by atoms with Crippen molar-refractivity contribution < 1.29 is 13.2 Å². The van der Waals surface area contributed by atoms with E-state index in [0.717, 1.165) is 5.56 Å². The largest absolute Gasteiger partial charge is 0.308 e. The van der Waals surface area contributed by atoms with E-state index in [1.807, 2.05) is 11.6 Å². The van der Waals surface area contributed by atoms with Crippen molar-refractivity contribution in [1.82, 2.24) is 19.3 Å². The van der Waals surface area contributed by atoms with Gasteiger partial charge in [0.1, 0.15) is 17.0 Å². The molecule has 3 aromatic heterocycles. The van der Waals surface area contributed by atoms with E-state index in [4.69, 9.17) is 23.2 Å². The normalized spacial score (nSPS) is 11.7. The molecule has 0 saturated heterocycles. The van der Waals surface area contributed by atoms with E-state index in [2.05, 4.69) is 9.97 Å². The average molecular weight is 481 g/mol. The predicted molar refractivity (Wildman–Crippen MR) is 117 cm³/mol. The smallest absolute Gasteiger partial charge is 0.283 e. The Morgan fingerprint density at radius 1 is 1.13 bits per heavy atom. The second-order valence-corrected chi connectivity index (χ2v) is 10.3. The van der Waals surface area contributed by atoms with Gasteiger partial charge in [0.15, 0.2) is 5.65 Å². The number of thiophene rings is 1. The highest BCUT2D eigenvalue weighted by Gasteiger charge is 2.21. The topological polar surface area (TPSA) is 93.9 Å². The molecule has 0 aliphatic heterocycles. The molecule has 3 heterocycles. The van der Waals surface area contributed by atoms with E-state index in [1.165, 1.54) is 29.5 Å². The number of halogens is 2. The van der Waals surface area contributed by atoms with E-state index in [0.29, 0.717) is 32.2 Å². The first-order valence-corrected chi connectivity index (χ1v) is 11.7. The number of amides is 1. The van der Waals surface area contributed by atoms with Crippen molar-refractivity contribution in [3.05, 3.63) is 74.3 Å². The molecule has 0 radical (unpaired) electrons. The van der Waals surface area contributed by atoms with Crippen LogP contribution in [-0.2, 0) is 16.6 Å². The Hall–Kier alpha value is -2.46. The number of nitrogens with zero attached hydrogens (tertiary/aromatic N) is 3. The Bertz CT molecular complexity index is 1370. The number of rotatable bonds is 5. The molecule has 0 aliphatic carbocycles. The van der Waals surface area contributed by atoms with Crippen molar-refractivity contribution in [3.8, 4) is 0 Å². The number of hydrogen-bond donors (Lipinski definition) is 1. The maximum atomic E-state index is 12.6. The molecular formula is C19H14Cl2N4O3S2. The third-order valence-electron chi connectivity index (χ3n) is 4.35. The van der Waals surface area contributed by atoms with Crippen LogP contribution in [0.4, 0.5) is 0 Å². The number of carbonyl (C=O) groups excluding carboxylic acids is 1. The lowest BCUT2D eigenvalue weighted by Gasteiger charge is -2.08. The molecule has 7 nitrogen and oxygen atoms in total. The van der Waals surface area contributed by atoms with Gasteiger partial charge >= 0.3 is 0 Å². The number of sulfonamides is 1. The molecule has 1 amide bonds. The average Bonchev–Trinajstić information content (AvgIpc) is 3.19. The fourth-order valence-corrected chi connectivity index (χ4v) is 5.37. The second-order valence-electron chi connectivity index (χ2n) is 6.38. The van der Waals surface area contributed by atoms with Crippen molar-refractivity contribution in [3.63, 3.8) is 0 Å². The molecule has 0 unspecified atom stereocenters. The molecule has 1 aromatic carbocycles. The van der Waals surface area contributed by atoms with Gasteiger partial charge in [0.25, 0.3) is 15.9 Å². The van der Waals surface area contributed by atoms with Gasteiger partial charge in [-0.05, 0) is 37.3 Å². The van der Waals surface area contributed by atoms with Crippen LogP contribution in [0.5, 0.6) is 0 Å². The van der Waals surface area contributed by atoms with E-state index in [9.17, 15) is 13.2 Å². The van der Waals surface area contributed by atoms with Crippen LogP contribution in [0.25, 0.3) is 11.2 Å². The summed E-state index contributed by atoms with van der Waals surface area (Å²) in [6.07, 6.45) is 0. The molecule has 0 bridgehead atoms. The maximum absolute atomic E-state index is 12.6. The van der Waals surface area contributed by atoms with Crippen LogP contribution in [0.1, 0.15) is 21.9 Å². The number of pyridine rings is 1. The monoisotopic (exact) mass is 480 g/mol. The number of nitrogens with one attached hydrogen (secondary N) is 1. The van der Waals surface area contributed by atoms with Crippen LogP contribution in [-0.4, -0.2) is 28.9 Å². The van der Waals surface area contributed by atoms with Crippen molar-refractivity contribution in [1.29, 1.82) is 0 Å². The summed E-state index contributed by atoms with van der Waals surface area (Å²) in [7, 11) is -4.01. The zero-order chi connectivity index (χ0) is 21.5. The Morgan fingerprint density at radius 3 is 2.53 bits per heavy atom. The van der Waals surface area contributed by atoms with Gasteiger partial charge in [0.2, 0.25) is 0 Å². The summed E-state index contributed by atoms with van der Waals surface area (Å²) >= 11 is 13.5. The predicted octanol–water partition coefficient (Wildman–Crippen LogP) is 4.28. The molecule has 0 spiro atoms. The van der Waals surface area contributed by atoms with Crippen molar-refractivity contribution in [2.45, 2.75) is 18.4 Å². The fourth-order valence-electron chi connectivity index (χ4n) is 2.92. The second kappa shape index (κ2) is 7.99. The quantitative estimate of drug-likeness (QED) is 0.460. The summed E-state index contributed by atoms with van der Waals surface area (Å²) < 4.78 is 29.8. The van der Waals surface area contributed by atoms with Crippen LogP contribution in [0, 0.1) is 6.92 Å². The summed E-state index contributed by atoms with van der Waals surface area (Å²) in [6, 6.07) is 12.5. The SMILES string of the molecule is Cc1nc2ccc(C(=O)NS(=O)(=O)c3ccccc3)nc2n1Cc1cc(Cl)sc1Cl. The lowest BCUT2D eigenvalue weighted by Crippen LogP contribution is -2.31. The summed E-state index contributed by atoms with van der Waals surface area (Å²) in [5, 5.41) is 0. The molecule has 0 atom stereocenters. The number of aromatic nitrogens is 3. The van der Waals surface area contributed by atoms with Gasteiger partial charge in [-0.2, -0.15) is 0 Å². The van der Waals surface area contributed by atoms with Gasteiger partial charge in [-0.3, -0.25) is 4.79 Å². The number of imidazole rings is 1. The van der Waals surface area contributed by atoms with Crippen molar-refractivity contribution in [2.24, 2.45) is 0 Å². The van der Waals surface area contributed by atoms with Crippen molar-refractivity contribution in [2.75, 3.05) is 0 Å². The Morgan fingerprint density at radius 2 is 1.87 bits per heavy atom. The Labute approximate surface area is 186 Å². The van der Waals surface area contributed by atoms with Gasteiger partial charge in [0, 0.05) is 5.56 Å². The first kappa shape index (κ1) is 20.8. The lowest BCUT2D eigenvalue weighted by atomic mass is 10.3. The third-order valence-corrected chi connectivity index (χ3v) is 7.27. The summed E-state index contributed by atoms with van der Waals surface area (Å²) in [4.78, 5) is 21.4. The third kappa shape index (κ3) is 4.06. The first-order valence-electron chi connectivity index (χ1n) is 8.64. The van der Waals surface area contributed by atoms with Crippen LogP contribution in [0.2, 0.25) is 8.67 Å². The highest BCUT2D eigenvalue weighted by molar-refractivity contribution is 7.90. The number of carbonyl (C=O) groups is 1. The van der Waals surface area contributed by atoms with E-state index < -0.39 is 15.9 Å². The van der Waals surface area contributed by atoms with Gasteiger partial charge in [0.05, 0.1) is 20.1 Å². The summed E-state index contributed by atoms with van der Waals surface area (Å²) in [5.41, 5.74) is 1.78. The standard InChI is InChI=1S/C19H14Cl2N4O3S2/c1-11-22-14-7-8-15(19(26)24-30(27,28)13-5-3-2-4-6-13)23-18(14)25(11)10-12-9-16(20)29-17(12)21/h2-9H,10H2,1H3,(H,24,26). The van der Waals surface area contributed by atoms with Crippen molar-refractivity contribution >= 4 is 61.6 Å². The van der Waals surface area contributed by atoms with E-state index in [-0.39, 0.29) is 10.6 Å². The molecule has 0 saturated carbocycles. The van der Waals surface area contributed by atoms with Gasteiger partial charge < -0.3 is 4.57 Å². The summed E-state index contributed by atoms with van der Waals surface area (Å²) in [5.74, 6) is -0.159. The van der Waals surface area contributed by atoms with Crippen LogP contribution in [0.15, 0.2) is 53.4 Å². The molecular weight excluding hydrogens is 467 g/mol. The zero-order valence-corrected chi connectivity index (χ0v) is 18.6. The van der Waals surface area contributed by atoms with Crippen LogP contribution < -0.4 is 4.72 Å². The van der Waals surface area contributed by atoms with Gasteiger partial charge in [-0.15, -0.1) is 11.3 Å². The molecule has 0 aliphatic rings. The lowest BCUT2D eigenvalue weighted by molar-refractivity contribution is 0.0977.